The van der Waals surface area contributed by atoms with Gasteiger partial charge in [-0.1, -0.05) is 0 Å². The Morgan fingerprint density at radius 2 is 0.699 bits per heavy atom. The minimum Gasteiger partial charge on any atom is -0.394 e. The molecule has 14 N–H and O–H groups in total. The number of aliphatic hydroxyl groups is 1. The van der Waals surface area contributed by atoms with Gasteiger partial charge in [-0.3, -0.25) is 112 Å². The average molecular weight is 1560 g/mol. The van der Waals surface area contributed by atoms with E-state index in [0.717, 1.165) is 54.0 Å². The Morgan fingerprint density at radius 3 is 0.990 bits per heavy atom. The van der Waals surface area contributed by atoms with E-state index in [2.05, 4.69) is 24.9 Å². The maximum atomic E-state index is 14.3. The summed E-state index contributed by atoms with van der Waals surface area (Å²) in [4.78, 5) is 196. The molecule has 4 unspecified atom stereocenters. The van der Waals surface area contributed by atoms with Crippen molar-refractivity contribution in [2.24, 2.45) is 0 Å². The fourth-order valence-electron chi connectivity index (χ4n) is 11.7. The summed E-state index contributed by atoms with van der Waals surface area (Å²) in [7, 11) is -27.4. The van der Waals surface area contributed by atoms with Crippen LogP contribution in [0.15, 0.2) is 74.3 Å². The first-order chi connectivity index (χ1) is 48.2. The third-order valence-electron chi connectivity index (χ3n) is 16.6. The third kappa shape index (κ3) is 18.2. The molecule has 5 fully saturated rings. The summed E-state index contributed by atoms with van der Waals surface area (Å²) in [6, 6.07) is 0. The van der Waals surface area contributed by atoms with Gasteiger partial charge in [0.1, 0.15) is 92.2 Å². The number of fused-ring (bicyclic) bond motifs is 1. The minimum absolute atomic E-state index is 0.0175. The van der Waals surface area contributed by atoms with Crippen LogP contribution in [0.4, 0.5) is 5.95 Å². The van der Waals surface area contributed by atoms with Crippen molar-refractivity contribution in [3.63, 3.8) is 0 Å². The SMILES string of the molecule is Cc1cn([C@H]2C[C@H](OP(=O)(O)O)[C@@H](COP(=O)(O)O[C@H]3C[C@H](n4cc(C)c(=O)[nH]c4=O)O[C@@H]3COP(=O)(O)O[C@H]3C[C@H](n4cnc5c(=O)[nH]c(N)nc54)O[C@@H]3COP(=O)(O)O[C@H]3C[C@H](n4cc(C)c(=O)[nH]c4=O)O[C@@H]3COP(=O)(O)O[C@H]3C[C@H](n4cc(C)c(=O)[nH]c4=O)O[C@@H]3CO)O2)c(=O)[nH]c1=O. The van der Waals surface area contributed by atoms with Gasteiger partial charge in [0.05, 0.1) is 39.4 Å². The molecular formula is C50H66N13O35P5. The van der Waals surface area contributed by atoms with E-state index in [4.69, 9.17) is 70.1 Å². The topological polar surface area (TPSA) is 665 Å². The second-order valence-electron chi connectivity index (χ2n) is 24.0. The molecule has 19 atom stereocenters. The monoisotopic (exact) mass is 1560 g/mol. The number of nitrogens with one attached hydrogen (secondary N) is 5. The molecule has 48 nitrogen and oxygen atoms in total. The maximum absolute atomic E-state index is 14.3. The molecule has 103 heavy (non-hydrogen) atoms. The molecule has 11 rings (SSSR count). The van der Waals surface area contributed by atoms with Crippen LogP contribution in [-0.4, -0.2) is 186 Å². The van der Waals surface area contributed by atoms with E-state index >= 15 is 0 Å². The molecule has 6 aromatic heterocycles. The number of aromatic amines is 5. The van der Waals surface area contributed by atoms with Crippen molar-refractivity contribution in [3.05, 3.63) is 147 Å². The van der Waals surface area contributed by atoms with Crippen LogP contribution in [0.5, 0.6) is 0 Å². The van der Waals surface area contributed by atoms with Crippen LogP contribution in [0, 0.1) is 27.7 Å². The van der Waals surface area contributed by atoms with Crippen LogP contribution in [0.2, 0.25) is 0 Å². The highest BCUT2D eigenvalue weighted by Gasteiger charge is 2.51. The Morgan fingerprint density at radius 1 is 0.427 bits per heavy atom. The van der Waals surface area contributed by atoms with Gasteiger partial charge in [0.2, 0.25) is 5.95 Å². The van der Waals surface area contributed by atoms with Gasteiger partial charge in [-0.2, -0.15) is 4.98 Å². The van der Waals surface area contributed by atoms with E-state index in [1.807, 2.05) is 9.97 Å². The molecule has 566 valence electrons. The predicted molar refractivity (Wildman–Crippen MR) is 336 cm³/mol. The molecule has 0 spiro atoms. The zero-order chi connectivity index (χ0) is 74.7. The molecule has 5 saturated heterocycles. The van der Waals surface area contributed by atoms with Gasteiger partial charge in [-0.05, 0) is 27.7 Å². The molecule has 53 heteroatoms. The van der Waals surface area contributed by atoms with Gasteiger partial charge < -0.3 is 63.9 Å². The fourth-order valence-corrected chi connectivity index (χ4v) is 16.1. The van der Waals surface area contributed by atoms with Crippen molar-refractivity contribution in [2.45, 2.75) is 152 Å². The molecule has 0 aliphatic carbocycles. The molecule has 0 saturated carbocycles. The van der Waals surface area contributed by atoms with Gasteiger partial charge >= 0.3 is 61.9 Å². The van der Waals surface area contributed by atoms with Gasteiger partial charge in [-0.15, -0.1) is 0 Å². The number of phosphoric acid groups is 5. The second kappa shape index (κ2) is 30.2. The molecule has 5 aliphatic rings. The number of rotatable bonds is 28. The van der Waals surface area contributed by atoms with E-state index in [1.165, 1.54) is 27.7 Å². The molecule has 0 bridgehead atoms. The van der Waals surface area contributed by atoms with Crippen molar-refractivity contribution >= 4 is 56.2 Å². The number of H-pyrrole nitrogens is 5. The molecule has 6 aromatic rings. The number of ether oxygens (including phenoxy) is 5. The smallest absolute Gasteiger partial charge is 0.394 e. The summed E-state index contributed by atoms with van der Waals surface area (Å²) in [6.07, 6.45) is -21.1. The number of hydrogen-bond donors (Lipinski definition) is 13. The second-order valence-corrected chi connectivity index (χ2v) is 30.8. The van der Waals surface area contributed by atoms with Crippen LogP contribution < -0.4 is 56.3 Å². The molecule has 11 heterocycles. The Bertz CT molecular complexity index is 5040. The summed E-state index contributed by atoms with van der Waals surface area (Å²) in [5.41, 5.74) is -2.58. The van der Waals surface area contributed by atoms with E-state index < -0.39 is 247 Å². The van der Waals surface area contributed by atoms with Crippen molar-refractivity contribution in [1.29, 1.82) is 0 Å². The number of aryl methyl sites for hydroxylation is 4. The lowest BCUT2D eigenvalue weighted by molar-refractivity contribution is -0.0644. The van der Waals surface area contributed by atoms with E-state index in [0.29, 0.717) is 0 Å². The number of aromatic nitrogens is 12. The van der Waals surface area contributed by atoms with Gasteiger partial charge in [0.15, 0.2) is 11.2 Å². The number of nitrogens with zero attached hydrogens (tertiary/aromatic N) is 7. The minimum atomic E-state index is -5.63. The zero-order valence-corrected chi connectivity index (χ0v) is 58.1. The van der Waals surface area contributed by atoms with Crippen molar-refractivity contribution in [3.8, 4) is 0 Å². The Kier molecular flexibility index (Phi) is 22.7. The summed E-state index contributed by atoms with van der Waals surface area (Å²) < 4.78 is 150. The lowest BCUT2D eigenvalue weighted by atomic mass is 10.2. The third-order valence-corrected chi connectivity index (χ3v) is 21.2. The molecule has 0 amide bonds. The standard InChI is InChI=1S/C50H66N13O35P5/c1-20-10-59(47(70)55-41(20)65)34-5-24(29(14-64)89-34)95-100(77,78)86-16-31-26(7-36(91-31)61-12-22(3)43(67)57-49(61)72)97-102(81,82)88-18-33-28(9-38(93-33)63-19-52-39-40(63)53-46(51)54-45(39)69)98-103(83,84)87-17-32-27(8-37(92-32)62-13-23(4)44(68)58-50(62)73)96-101(79,80)85-15-30-25(94-99(74,75)76)6-35(90-30)60-11-21(2)42(66)56-48(60)71/h10-13,19,24-38,64H,5-9,14-18H2,1-4H3,(H,77,78)(H,79,80)(H,81,82)(H,83,84)(H,55,65,70)(H,56,66,71)(H,57,67,72)(H,58,68,73)(H2,74,75,76)(H3,51,53,54,69)/t24-,25-,26-,27-,28-,29+,30+,31+,32+,33+,34+,35+,36+,37+,38+/m0/s1. The average Bonchev–Trinajstić information content (AvgIpc) is 1.65. The number of anilines is 1. The van der Waals surface area contributed by atoms with Crippen LogP contribution in [-0.2, 0) is 87.2 Å². The Labute approximate surface area is 571 Å². The zero-order valence-electron chi connectivity index (χ0n) is 53.6. The maximum Gasteiger partial charge on any atom is 0.472 e. The van der Waals surface area contributed by atoms with E-state index in [9.17, 15) is 100 Å². The first kappa shape index (κ1) is 77.3. The number of phosphoric ester groups is 5. The lowest BCUT2D eigenvalue weighted by Crippen LogP contribution is -2.33. The summed E-state index contributed by atoms with van der Waals surface area (Å²) in [6.45, 7) is 0.124. The molecule has 0 aromatic carbocycles. The predicted octanol–water partition coefficient (Wildman–Crippen LogP) is -2.95. The Hall–Kier alpha value is -6.82. The van der Waals surface area contributed by atoms with Crippen LogP contribution >= 0.6 is 39.1 Å². The number of hydrogen-bond acceptors (Lipinski definition) is 32. The Balaban J connectivity index is 0.802. The summed E-state index contributed by atoms with van der Waals surface area (Å²) in [5.74, 6) is -0.405. The van der Waals surface area contributed by atoms with E-state index in [1.54, 1.807) is 0 Å². The number of nitrogens with two attached hydrogens (primary N) is 1. The number of nitrogen functional groups attached to an aromatic ring is 1. The summed E-state index contributed by atoms with van der Waals surface area (Å²) in [5, 5.41) is 10.1. The number of aliphatic hydroxyl groups excluding tert-OH is 1. The highest BCUT2D eigenvalue weighted by Crippen LogP contribution is 2.55. The molecular weight excluding hydrogens is 1500 g/mol. The quantitative estimate of drug-likeness (QED) is 0.0218. The first-order valence-electron chi connectivity index (χ1n) is 30.5. The van der Waals surface area contributed by atoms with Gasteiger partial charge in [-0.25, -0.2) is 47.0 Å². The van der Waals surface area contributed by atoms with Crippen molar-refractivity contribution in [2.75, 3.05) is 38.8 Å². The number of imidazole rings is 1. The highest BCUT2D eigenvalue weighted by atomic mass is 31.2. The fraction of sp³-hybridized carbons (Fsp3) is 0.580. The van der Waals surface area contributed by atoms with Crippen LogP contribution in [0.1, 0.15) is 85.5 Å². The van der Waals surface area contributed by atoms with Crippen molar-refractivity contribution < 1.29 is 122 Å². The highest BCUT2D eigenvalue weighted by molar-refractivity contribution is 7.48. The van der Waals surface area contributed by atoms with E-state index in [-0.39, 0.29) is 39.8 Å². The summed E-state index contributed by atoms with van der Waals surface area (Å²) >= 11 is 0. The van der Waals surface area contributed by atoms with Gasteiger partial charge in [0.25, 0.3) is 27.8 Å². The normalized spacial score (nSPS) is 29.1. The molecule has 0 radical (unpaired) electrons. The molecule has 5 aliphatic heterocycles. The van der Waals surface area contributed by atoms with Crippen LogP contribution in [0.3, 0.4) is 0 Å². The van der Waals surface area contributed by atoms with Crippen molar-refractivity contribution in [1.82, 2.24) is 57.7 Å². The largest absolute Gasteiger partial charge is 0.472 e. The lowest BCUT2D eigenvalue weighted by Gasteiger charge is -2.26. The first-order valence-corrected chi connectivity index (χ1v) is 38.0. The van der Waals surface area contributed by atoms with Gasteiger partial charge in [0, 0.05) is 79.1 Å². The van der Waals surface area contributed by atoms with Crippen LogP contribution in [0.25, 0.3) is 11.2 Å².